The third kappa shape index (κ3) is 3.95. The summed E-state index contributed by atoms with van der Waals surface area (Å²) >= 11 is 0. The number of carbonyl (C=O) groups excluding carboxylic acids is 1. The molecule has 0 radical (unpaired) electrons. The molecule has 1 heterocycles. The van der Waals surface area contributed by atoms with E-state index in [0.717, 1.165) is 0 Å². The first-order chi connectivity index (χ1) is 9.77. The largest absolute Gasteiger partial charge is 0.493 e. The van der Waals surface area contributed by atoms with Gasteiger partial charge in [-0.3, -0.25) is 4.79 Å². The smallest absolute Gasteiger partial charge is 0.238 e. The zero-order valence-electron chi connectivity index (χ0n) is 12.1. The van der Waals surface area contributed by atoms with Gasteiger partial charge in [0.25, 0.3) is 0 Å². The lowest BCUT2D eigenvalue weighted by Gasteiger charge is -2.27. The number of fused-ring (bicyclic) bond motifs is 1. The summed E-state index contributed by atoms with van der Waals surface area (Å²) in [7, 11) is -3.78. The SMILES string of the molecule is CC(C)CC(=O)NC1CCOc2ccc(S(N)(=O)=O)cc21. The van der Waals surface area contributed by atoms with Crippen LogP contribution in [0.2, 0.25) is 0 Å². The second kappa shape index (κ2) is 6.03. The van der Waals surface area contributed by atoms with Gasteiger partial charge in [0.1, 0.15) is 5.75 Å². The summed E-state index contributed by atoms with van der Waals surface area (Å²) in [5.74, 6) is 0.799. The Morgan fingerprint density at radius 1 is 1.48 bits per heavy atom. The van der Waals surface area contributed by atoms with E-state index in [1.54, 1.807) is 6.07 Å². The van der Waals surface area contributed by atoms with Crippen LogP contribution in [-0.2, 0) is 14.8 Å². The Bertz CT molecular complexity index is 640. The molecule has 7 heteroatoms. The molecule has 1 aromatic rings. The number of ether oxygens (including phenoxy) is 1. The van der Waals surface area contributed by atoms with Crippen molar-refractivity contribution < 1.29 is 17.9 Å². The van der Waals surface area contributed by atoms with Gasteiger partial charge in [-0.1, -0.05) is 13.8 Å². The number of nitrogens with one attached hydrogen (secondary N) is 1. The van der Waals surface area contributed by atoms with Crippen LogP contribution in [0.4, 0.5) is 0 Å². The van der Waals surface area contributed by atoms with Crippen LogP contribution in [0.15, 0.2) is 23.1 Å². The molecule has 0 saturated heterocycles. The van der Waals surface area contributed by atoms with Gasteiger partial charge in [-0.2, -0.15) is 0 Å². The zero-order chi connectivity index (χ0) is 15.6. The van der Waals surface area contributed by atoms with E-state index in [4.69, 9.17) is 9.88 Å². The number of nitrogens with two attached hydrogens (primary N) is 1. The maximum Gasteiger partial charge on any atom is 0.238 e. The fourth-order valence-corrected chi connectivity index (χ4v) is 2.87. The van der Waals surface area contributed by atoms with E-state index >= 15 is 0 Å². The molecule has 6 nitrogen and oxygen atoms in total. The van der Waals surface area contributed by atoms with E-state index in [9.17, 15) is 13.2 Å². The highest BCUT2D eigenvalue weighted by atomic mass is 32.2. The Morgan fingerprint density at radius 2 is 2.19 bits per heavy atom. The predicted octanol–water partition coefficient (Wildman–Crippen LogP) is 1.32. The third-order valence-corrected chi connectivity index (χ3v) is 4.19. The molecule has 2 rings (SSSR count). The van der Waals surface area contributed by atoms with Crippen LogP contribution in [0.5, 0.6) is 5.75 Å². The molecule has 0 fully saturated rings. The van der Waals surface area contributed by atoms with Gasteiger partial charge in [-0.05, 0) is 24.1 Å². The van der Waals surface area contributed by atoms with Gasteiger partial charge in [0.2, 0.25) is 15.9 Å². The Morgan fingerprint density at radius 3 is 2.81 bits per heavy atom. The van der Waals surface area contributed by atoms with Crippen molar-refractivity contribution in [2.75, 3.05) is 6.61 Å². The highest BCUT2D eigenvalue weighted by Gasteiger charge is 2.25. The van der Waals surface area contributed by atoms with Crippen LogP contribution >= 0.6 is 0 Å². The Kier molecular flexibility index (Phi) is 4.53. The molecule has 1 aliphatic heterocycles. The van der Waals surface area contributed by atoms with Crippen LogP contribution < -0.4 is 15.2 Å². The van der Waals surface area contributed by atoms with Gasteiger partial charge in [-0.25, -0.2) is 13.6 Å². The van der Waals surface area contributed by atoms with E-state index in [1.807, 2.05) is 13.8 Å². The van der Waals surface area contributed by atoms with E-state index in [1.165, 1.54) is 12.1 Å². The van der Waals surface area contributed by atoms with E-state index < -0.39 is 10.0 Å². The highest BCUT2D eigenvalue weighted by Crippen LogP contribution is 2.33. The van der Waals surface area contributed by atoms with E-state index in [2.05, 4.69) is 5.32 Å². The van der Waals surface area contributed by atoms with Gasteiger partial charge >= 0.3 is 0 Å². The number of amides is 1. The lowest BCUT2D eigenvalue weighted by Crippen LogP contribution is -2.33. The van der Waals surface area contributed by atoms with Gasteiger partial charge in [0.15, 0.2) is 0 Å². The summed E-state index contributed by atoms with van der Waals surface area (Å²) in [5.41, 5.74) is 0.657. The third-order valence-electron chi connectivity index (χ3n) is 3.28. The van der Waals surface area contributed by atoms with Crippen molar-refractivity contribution >= 4 is 15.9 Å². The molecule has 21 heavy (non-hydrogen) atoms. The average Bonchev–Trinajstić information content (AvgIpc) is 2.36. The van der Waals surface area contributed by atoms with E-state index in [0.29, 0.717) is 30.8 Å². The topological polar surface area (TPSA) is 98.5 Å². The molecule has 1 amide bonds. The minimum absolute atomic E-state index is 0.0230. The number of hydrogen-bond acceptors (Lipinski definition) is 4. The standard InChI is InChI=1S/C14H20N2O4S/c1-9(2)7-14(17)16-12-5-6-20-13-4-3-10(8-11(12)13)21(15,18)19/h3-4,8-9,12H,5-7H2,1-2H3,(H,16,17)(H2,15,18,19). The average molecular weight is 312 g/mol. The summed E-state index contributed by atoms with van der Waals surface area (Å²) in [6.07, 6.45) is 1.03. The number of rotatable bonds is 4. The molecule has 0 aliphatic carbocycles. The number of benzene rings is 1. The minimum atomic E-state index is -3.78. The Balaban J connectivity index is 2.27. The van der Waals surface area contributed by atoms with Crippen LogP contribution in [0.3, 0.4) is 0 Å². The van der Waals surface area contributed by atoms with Crippen molar-refractivity contribution in [1.29, 1.82) is 0 Å². The quantitative estimate of drug-likeness (QED) is 0.876. The monoisotopic (exact) mass is 312 g/mol. The summed E-state index contributed by atoms with van der Waals surface area (Å²) in [4.78, 5) is 11.9. The Labute approximate surface area is 124 Å². The number of hydrogen-bond donors (Lipinski definition) is 2. The molecule has 0 spiro atoms. The molecular formula is C14H20N2O4S. The second-order valence-electron chi connectivity index (χ2n) is 5.60. The highest BCUT2D eigenvalue weighted by molar-refractivity contribution is 7.89. The van der Waals surface area contributed by atoms with Crippen molar-refractivity contribution in [3.05, 3.63) is 23.8 Å². The van der Waals surface area contributed by atoms with Gasteiger partial charge in [0.05, 0.1) is 17.5 Å². The maximum atomic E-state index is 11.9. The molecule has 116 valence electrons. The second-order valence-corrected chi connectivity index (χ2v) is 7.16. The van der Waals surface area contributed by atoms with Crippen LogP contribution in [-0.4, -0.2) is 20.9 Å². The summed E-state index contributed by atoms with van der Waals surface area (Å²) < 4.78 is 28.4. The number of carbonyl (C=O) groups is 1. The minimum Gasteiger partial charge on any atom is -0.493 e. The molecule has 0 bridgehead atoms. The molecule has 1 aromatic carbocycles. The summed E-state index contributed by atoms with van der Waals surface area (Å²) in [6.45, 7) is 4.42. The van der Waals surface area contributed by atoms with Gasteiger partial charge < -0.3 is 10.1 Å². The normalized spacial score (nSPS) is 18.0. The van der Waals surface area contributed by atoms with Crippen LogP contribution in [0, 0.1) is 5.92 Å². The van der Waals surface area contributed by atoms with Crippen molar-refractivity contribution in [1.82, 2.24) is 5.32 Å². The van der Waals surface area contributed by atoms with Crippen LogP contribution in [0.1, 0.15) is 38.3 Å². The van der Waals surface area contributed by atoms with Crippen molar-refractivity contribution in [3.8, 4) is 5.75 Å². The molecule has 1 unspecified atom stereocenters. The molecular weight excluding hydrogens is 292 g/mol. The lowest BCUT2D eigenvalue weighted by atomic mass is 10.00. The predicted molar refractivity (Wildman–Crippen MR) is 78.3 cm³/mol. The first-order valence-corrected chi connectivity index (χ1v) is 8.41. The summed E-state index contributed by atoms with van der Waals surface area (Å²) in [6, 6.07) is 4.22. The maximum absolute atomic E-state index is 11.9. The fourth-order valence-electron chi connectivity index (χ4n) is 2.32. The lowest BCUT2D eigenvalue weighted by molar-refractivity contribution is -0.122. The zero-order valence-corrected chi connectivity index (χ0v) is 12.9. The van der Waals surface area contributed by atoms with Crippen molar-refractivity contribution in [3.63, 3.8) is 0 Å². The molecule has 1 aliphatic rings. The van der Waals surface area contributed by atoms with Crippen LogP contribution in [0.25, 0.3) is 0 Å². The first-order valence-electron chi connectivity index (χ1n) is 6.86. The van der Waals surface area contributed by atoms with Crippen molar-refractivity contribution in [2.45, 2.75) is 37.6 Å². The molecule has 3 N–H and O–H groups in total. The summed E-state index contributed by atoms with van der Waals surface area (Å²) in [5, 5.41) is 8.08. The molecule has 0 saturated carbocycles. The first kappa shape index (κ1) is 15.8. The number of primary sulfonamides is 1. The van der Waals surface area contributed by atoms with Gasteiger partial charge in [0, 0.05) is 18.4 Å². The number of sulfonamides is 1. The van der Waals surface area contributed by atoms with Gasteiger partial charge in [-0.15, -0.1) is 0 Å². The fraction of sp³-hybridized carbons (Fsp3) is 0.500. The van der Waals surface area contributed by atoms with E-state index in [-0.39, 0.29) is 22.8 Å². The molecule has 1 atom stereocenters. The molecule has 0 aromatic heterocycles. The Hall–Kier alpha value is -1.60. The van der Waals surface area contributed by atoms with Crippen molar-refractivity contribution in [2.24, 2.45) is 11.1 Å².